The van der Waals surface area contributed by atoms with E-state index in [1.165, 1.54) is 0 Å². The van der Waals surface area contributed by atoms with Gasteiger partial charge in [-0.1, -0.05) is 23.2 Å². The number of ether oxygens (including phenoxy) is 1. The summed E-state index contributed by atoms with van der Waals surface area (Å²) in [7, 11) is 0. The summed E-state index contributed by atoms with van der Waals surface area (Å²) in [4.78, 5) is 0. The molecule has 0 bridgehead atoms. The topological polar surface area (TPSA) is 29.5 Å². The second-order valence-corrected chi connectivity index (χ2v) is 3.82. The molecular weight excluding hydrogens is 223 g/mol. The van der Waals surface area contributed by atoms with Gasteiger partial charge < -0.3 is 9.84 Å². The van der Waals surface area contributed by atoms with Crippen LogP contribution < -0.4 is 4.74 Å². The number of aliphatic hydroxyl groups is 1. The van der Waals surface area contributed by atoms with Crippen molar-refractivity contribution in [1.82, 2.24) is 0 Å². The third kappa shape index (κ3) is 1.61. The number of aliphatic hydroxyl groups excluding tert-OH is 1. The summed E-state index contributed by atoms with van der Waals surface area (Å²) >= 11 is 11.9. The lowest BCUT2D eigenvalue weighted by Crippen LogP contribution is -2.12. The van der Waals surface area contributed by atoms with Gasteiger partial charge >= 0.3 is 0 Å². The van der Waals surface area contributed by atoms with Gasteiger partial charge in [-0.15, -0.1) is 0 Å². The van der Waals surface area contributed by atoms with Gasteiger partial charge in [-0.2, -0.15) is 0 Å². The summed E-state index contributed by atoms with van der Waals surface area (Å²) in [5.41, 5.74) is 1.43. The smallest absolute Gasteiger partial charge is 0.128 e. The Morgan fingerprint density at radius 1 is 1.36 bits per heavy atom. The maximum atomic E-state index is 9.00. The van der Waals surface area contributed by atoms with Crippen LogP contribution in [0.25, 0.3) is 5.03 Å². The first-order valence-corrected chi connectivity index (χ1v) is 4.89. The van der Waals surface area contributed by atoms with Gasteiger partial charge in [0.25, 0.3) is 0 Å². The average molecular weight is 231 g/mol. The van der Waals surface area contributed by atoms with Crippen LogP contribution in [0.3, 0.4) is 0 Å². The van der Waals surface area contributed by atoms with E-state index in [0.29, 0.717) is 28.0 Å². The predicted molar refractivity (Wildman–Crippen MR) is 56.8 cm³/mol. The van der Waals surface area contributed by atoms with E-state index in [0.717, 1.165) is 5.56 Å². The van der Waals surface area contributed by atoms with Gasteiger partial charge in [0.15, 0.2) is 0 Å². The SMILES string of the molecule is OCC1=C(Cl)c2cc(Cl)ccc2OC1. The van der Waals surface area contributed by atoms with Crippen molar-refractivity contribution in [3.8, 4) is 5.75 Å². The Kier molecular flexibility index (Phi) is 2.68. The summed E-state index contributed by atoms with van der Waals surface area (Å²) in [6.07, 6.45) is 0. The Morgan fingerprint density at radius 3 is 2.86 bits per heavy atom. The Balaban J connectivity index is 2.55. The highest BCUT2D eigenvalue weighted by Crippen LogP contribution is 2.36. The molecular formula is C10H8Cl2O2. The second kappa shape index (κ2) is 3.81. The van der Waals surface area contributed by atoms with Crippen molar-refractivity contribution >= 4 is 28.2 Å². The van der Waals surface area contributed by atoms with Crippen molar-refractivity contribution in [3.63, 3.8) is 0 Å². The zero-order chi connectivity index (χ0) is 10.1. The first kappa shape index (κ1) is 9.84. The molecule has 0 aliphatic carbocycles. The minimum absolute atomic E-state index is 0.0925. The highest BCUT2D eigenvalue weighted by atomic mass is 35.5. The summed E-state index contributed by atoms with van der Waals surface area (Å²) in [5.74, 6) is 0.705. The van der Waals surface area contributed by atoms with E-state index in [-0.39, 0.29) is 6.61 Å². The number of benzene rings is 1. The van der Waals surface area contributed by atoms with Gasteiger partial charge in [0.1, 0.15) is 12.4 Å². The van der Waals surface area contributed by atoms with Gasteiger partial charge in [0.05, 0.1) is 11.6 Å². The van der Waals surface area contributed by atoms with Crippen molar-refractivity contribution in [2.45, 2.75) is 0 Å². The van der Waals surface area contributed by atoms with Gasteiger partial charge in [-0.3, -0.25) is 0 Å². The van der Waals surface area contributed by atoms with Crippen LogP contribution in [0, 0.1) is 0 Å². The first-order valence-electron chi connectivity index (χ1n) is 4.13. The van der Waals surface area contributed by atoms with E-state index in [1.807, 2.05) is 0 Å². The number of hydrogen-bond donors (Lipinski definition) is 1. The minimum Gasteiger partial charge on any atom is -0.488 e. The van der Waals surface area contributed by atoms with E-state index in [9.17, 15) is 0 Å². The number of halogens is 2. The monoisotopic (exact) mass is 230 g/mol. The van der Waals surface area contributed by atoms with Gasteiger partial charge in [0.2, 0.25) is 0 Å². The van der Waals surface area contributed by atoms with Gasteiger partial charge in [-0.05, 0) is 18.2 Å². The van der Waals surface area contributed by atoms with Crippen LogP contribution in [0.4, 0.5) is 0 Å². The van der Waals surface area contributed by atoms with Crippen molar-refractivity contribution < 1.29 is 9.84 Å². The quantitative estimate of drug-likeness (QED) is 0.805. The van der Waals surface area contributed by atoms with Crippen LogP contribution in [-0.2, 0) is 0 Å². The number of fused-ring (bicyclic) bond motifs is 1. The molecule has 0 atom stereocenters. The molecule has 0 amide bonds. The molecule has 0 radical (unpaired) electrons. The van der Waals surface area contributed by atoms with Crippen LogP contribution in [0.15, 0.2) is 23.8 Å². The normalized spacial score (nSPS) is 15.1. The molecule has 1 heterocycles. The fourth-order valence-electron chi connectivity index (χ4n) is 1.33. The van der Waals surface area contributed by atoms with Crippen molar-refractivity contribution in [3.05, 3.63) is 34.4 Å². The summed E-state index contributed by atoms with van der Waals surface area (Å²) in [6.45, 7) is 0.245. The average Bonchev–Trinajstić information content (AvgIpc) is 2.20. The molecule has 2 rings (SSSR count). The molecule has 0 unspecified atom stereocenters. The zero-order valence-electron chi connectivity index (χ0n) is 7.26. The Hall–Kier alpha value is -0.700. The minimum atomic E-state index is -0.0925. The lowest BCUT2D eigenvalue weighted by Gasteiger charge is -2.19. The first-order chi connectivity index (χ1) is 6.72. The van der Waals surface area contributed by atoms with Crippen molar-refractivity contribution in [1.29, 1.82) is 0 Å². The Labute approximate surface area is 91.7 Å². The van der Waals surface area contributed by atoms with Gasteiger partial charge in [0, 0.05) is 16.2 Å². The standard InChI is InChI=1S/C10H8Cl2O2/c11-7-1-2-9-8(3-7)10(12)6(4-13)5-14-9/h1-3,13H,4-5H2. The third-order valence-electron chi connectivity index (χ3n) is 2.08. The molecule has 14 heavy (non-hydrogen) atoms. The molecule has 0 fully saturated rings. The maximum Gasteiger partial charge on any atom is 0.128 e. The molecule has 0 spiro atoms. The molecule has 1 aromatic rings. The fourth-order valence-corrected chi connectivity index (χ4v) is 1.77. The second-order valence-electron chi connectivity index (χ2n) is 3.00. The lowest BCUT2D eigenvalue weighted by molar-refractivity contribution is 0.285. The molecule has 74 valence electrons. The van der Waals surface area contributed by atoms with Crippen LogP contribution >= 0.6 is 23.2 Å². The largest absolute Gasteiger partial charge is 0.488 e. The van der Waals surface area contributed by atoms with Crippen LogP contribution in [0.5, 0.6) is 5.75 Å². The molecule has 1 aromatic carbocycles. The molecule has 0 saturated heterocycles. The van der Waals surface area contributed by atoms with Gasteiger partial charge in [-0.25, -0.2) is 0 Å². The van der Waals surface area contributed by atoms with Crippen LogP contribution in [0.2, 0.25) is 5.02 Å². The van der Waals surface area contributed by atoms with Crippen LogP contribution in [-0.4, -0.2) is 18.3 Å². The Morgan fingerprint density at radius 2 is 2.14 bits per heavy atom. The van der Waals surface area contributed by atoms with E-state index >= 15 is 0 Å². The lowest BCUT2D eigenvalue weighted by atomic mass is 10.1. The van der Waals surface area contributed by atoms with Crippen LogP contribution in [0.1, 0.15) is 5.56 Å². The summed E-state index contributed by atoms with van der Waals surface area (Å²) in [5, 5.41) is 10.1. The number of hydrogen-bond acceptors (Lipinski definition) is 2. The number of rotatable bonds is 1. The summed E-state index contributed by atoms with van der Waals surface area (Å²) in [6, 6.07) is 5.25. The predicted octanol–water partition coefficient (Wildman–Crippen LogP) is 2.67. The highest BCUT2D eigenvalue weighted by molar-refractivity contribution is 6.50. The maximum absolute atomic E-state index is 9.00. The van der Waals surface area contributed by atoms with E-state index < -0.39 is 0 Å². The Bertz CT molecular complexity index is 399. The third-order valence-corrected chi connectivity index (χ3v) is 2.79. The molecule has 2 nitrogen and oxygen atoms in total. The molecule has 1 aliphatic heterocycles. The zero-order valence-corrected chi connectivity index (χ0v) is 8.77. The van der Waals surface area contributed by atoms with Crippen molar-refractivity contribution in [2.24, 2.45) is 0 Å². The highest BCUT2D eigenvalue weighted by Gasteiger charge is 2.18. The van der Waals surface area contributed by atoms with E-state index in [2.05, 4.69) is 0 Å². The molecule has 1 N–H and O–H groups in total. The molecule has 1 aliphatic rings. The molecule has 0 saturated carbocycles. The van der Waals surface area contributed by atoms with Crippen molar-refractivity contribution in [2.75, 3.05) is 13.2 Å². The van der Waals surface area contributed by atoms with E-state index in [4.69, 9.17) is 33.0 Å². The van der Waals surface area contributed by atoms with E-state index in [1.54, 1.807) is 18.2 Å². The fraction of sp³-hybridized carbons (Fsp3) is 0.200. The summed E-state index contributed by atoms with van der Waals surface area (Å²) < 4.78 is 5.39. The molecule has 0 aromatic heterocycles. The molecule has 4 heteroatoms.